The summed E-state index contributed by atoms with van der Waals surface area (Å²) in [5.74, 6) is -0.313. The summed E-state index contributed by atoms with van der Waals surface area (Å²) in [6.07, 6.45) is 3.96. The number of nitrogens with zero attached hydrogens (tertiary/aromatic N) is 3. The van der Waals surface area contributed by atoms with Crippen LogP contribution in [0.5, 0.6) is 0 Å². The molecular weight excluding hydrogens is 270 g/mol. The minimum absolute atomic E-state index is 0.133. The molecule has 3 rings (SSSR count). The molecule has 0 radical (unpaired) electrons. The van der Waals surface area contributed by atoms with Gasteiger partial charge in [0.25, 0.3) is 10.0 Å². The molecular formula is C11H15N3O4S. The normalized spacial score (nSPS) is 23.7. The van der Waals surface area contributed by atoms with E-state index in [9.17, 15) is 13.2 Å². The highest BCUT2D eigenvalue weighted by molar-refractivity contribution is 7.89. The highest BCUT2D eigenvalue weighted by Gasteiger charge is 2.41. The lowest BCUT2D eigenvalue weighted by Gasteiger charge is -2.21. The van der Waals surface area contributed by atoms with Gasteiger partial charge in [-0.1, -0.05) is 0 Å². The minimum atomic E-state index is -3.76. The van der Waals surface area contributed by atoms with Gasteiger partial charge in [0.1, 0.15) is 11.9 Å². The van der Waals surface area contributed by atoms with E-state index >= 15 is 0 Å². The molecule has 1 atom stereocenters. The van der Waals surface area contributed by atoms with Crippen molar-refractivity contribution in [1.29, 1.82) is 0 Å². The molecule has 1 N–H and O–H groups in total. The van der Waals surface area contributed by atoms with Crippen molar-refractivity contribution >= 4 is 16.0 Å². The molecule has 1 aromatic heterocycles. The molecule has 104 valence electrons. The first kappa shape index (κ1) is 12.6. The van der Waals surface area contributed by atoms with Crippen molar-refractivity contribution in [2.45, 2.75) is 43.3 Å². The standard InChI is InChI=1S/C11H15N3O4S/c15-11(16)8-3-1-6-14(8)19(17,18)10-7-12-9-4-2-5-13(9)10/h7-8H,1-6H2,(H,15,16)/t8-/m1/s1. The van der Waals surface area contributed by atoms with Gasteiger partial charge in [-0.25, -0.2) is 13.4 Å². The first-order chi connectivity index (χ1) is 9.01. The summed E-state index contributed by atoms with van der Waals surface area (Å²) in [6.45, 7) is 0.898. The van der Waals surface area contributed by atoms with E-state index in [1.807, 2.05) is 0 Å². The van der Waals surface area contributed by atoms with Crippen molar-refractivity contribution in [3.8, 4) is 0 Å². The summed E-state index contributed by atoms with van der Waals surface area (Å²) in [5, 5.41) is 9.24. The third kappa shape index (κ3) is 1.86. The van der Waals surface area contributed by atoms with Crippen LogP contribution in [0, 0.1) is 0 Å². The van der Waals surface area contributed by atoms with E-state index in [-0.39, 0.29) is 11.6 Å². The van der Waals surface area contributed by atoms with Crippen molar-refractivity contribution in [1.82, 2.24) is 13.9 Å². The molecule has 3 heterocycles. The second-order valence-corrected chi connectivity index (χ2v) is 6.72. The maximum Gasteiger partial charge on any atom is 0.322 e. The van der Waals surface area contributed by atoms with E-state index in [4.69, 9.17) is 5.11 Å². The van der Waals surface area contributed by atoms with E-state index in [1.165, 1.54) is 6.20 Å². The van der Waals surface area contributed by atoms with Gasteiger partial charge in [0.15, 0.2) is 5.03 Å². The predicted octanol–water partition coefficient (Wildman–Crippen LogP) is 0.0670. The van der Waals surface area contributed by atoms with Crippen LogP contribution in [0.3, 0.4) is 0 Å². The molecule has 0 unspecified atom stereocenters. The average molecular weight is 285 g/mol. The lowest BCUT2D eigenvalue weighted by molar-refractivity contribution is -0.140. The third-order valence-corrected chi connectivity index (χ3v) is 5.65. The van der Waals surface area contributed by atoms with Gasteiger partial charge >= 0.3 is 5.97 Å². The molecule has 1 saturated heterocycles. The van der Waals surface area contributed by atoms with Crippen molar-refractivity contribution in [2.75, 3.05) is 6.54 Å². The first-order valence-corrected chi connectivity index (χ1v) is 7.75. The van der Waals surface area contributed by atoms with E-state index in [2.05, 4.69) is 4.98 Å². The molecule has 0 aromatic carbocycles. The summed E-state index contributed by atoms with van der Waals surface area (Å²) < 4.78 is 27.9. The van der Waals surface area contributed by atoms with Crippen LogP contribution in [-0.2, 0) is 27.8 Å². The van der Waals surface area contributed by atoms with Crippen molar-refractivity contribution in [3.05, 3.63) is 12.0 Å². The quantitative estimate of drug-likeness (QED) is 0.848. The van der Waals surface area contributed by atoms with Crippen LogP contribution < -0.4 is 0 Å². The van der Waals surface area contributed by atoms with Gasteiger partial charge in [-0.15, -0.1) is 0 Å². The largest absolute Gasteiger partial charge is 0.480 e. The Labute approximate surface area is 110 Å². The van der Waals surface area contributed by atoms with Gasteiger partial charge in [0, 0.05) is 19.5 Å². The molecule has 2 aliphatic heterocycles. The Morgan fingerprint density at radius 3 is 2.89 bits per heavy atom. The number of imidazole rings is 1. The fourth-order valence-corrected chi connectivity index (χ4v) is 4.63. The molecule has 0 amide bonds. The Kier molecular flexibility index (Phi) is 2.86. The second kappa shape index (κ2) is 4.31. The van der Waals surface area contributed by atoms with Crippen molar-refractivity contribution in [2.24, 2.45) is 0 Å². The van der Waals surface area contributed by atoms with Crippen LogP contribution in [-0.4, -0.2) is 45.9 Å². The lowest BCUT2D eigenvalue weighted by Crippen LogP contribution is -2.41. The topological polar surface area (TPSA) is 92.5 Å². The maximum atomic E-state index is 12.6. The average Bonchev–Trinajstić information content (AvgIpc) is 3.04. The number of aliphatic carboxylic acids is 1. The van der Waals surface area contributed by atoms with Gasteiger partial charge < -0.3 is 9.67 Å². The number of hydrogen-bond acceptors (Lipinski definition) is 4. The Hall–Kier alpha value is -1.41. The summed E-state index contributed by atoms with van der Waals surface area (Å²) in [4.78, 5) is 15.2. The molecule has 0 aliphatic carbocycles. The lowest BCUT2D eigenvalue weighted by atomic mass is 10.2. The molecule has 2 aliphatic rings. The van der Waals surface area contributed by atoms with Gasteiger partial charge in [-0.2, -0.15) is 4.31 Å². The predicted molar refractivity (Wildman–Crippen MR) is 65.1 cm³/mol. The number of carboxylic acid groups (broad SMARTS) is 1. The van der Waals surface area contributed by atoms with Crippen molar-refractivity contribution in [3.63, 3.8) is 0 Å². The van der Waals surface area contributed by atoms with Crippen molar-refractivity contribution < 1.29 is 18.3 Å². The number of sulfonamides is 1. The highest BCUT2D eigenvalue weighted by atomic mass is 32.2. The Morgan fingerprint density at radius 1 is 1.37 bits per heavy atom. The van der Waals surface area contributed by atoms with Crippen LogP contribution in [0.4, 0.5) is 0 Å². The van der Waals surface area contributed by atoms with Gasteiger partial charge in [0.05, 0.1) is 6.20 Å². The highest BCUT2D eigenvalue weighted by Crippen LogP contribution is 2.28. The summed E-state index contributed by atoms with van der Waals surface area (Å²) >= 11 is 0. The molecule has 7 nitrogen and oxygen atoms in total. The van der Waals surface area contributed by atoms with E-state index in [0.29, 0.717) is 19.4 Å². The number of hydrogen-bond donors (Lipinski definition) is 1. The molecule has 8 heteroatoms. The monoisotopic (exact) mass is 285 g/mol. The van der Waals surface area contributed by atoms with E-state index in [0.717, 1.165) is 23.0 Å². The zero-order valence-corrected chi connectivity index (χ0v) is 11.1. The Morgan fingerprint density at radius 2 is 2.16 bits per heavy atom. The maximum absolute atomic E-state index is 12.6. The number of rotatable bonds is 3. The zero-order chi connectivity index (χ0) is 13.6. The molecule has 1 fully saturated rings. The Balaban J connectivity index is 2.00. The van der Waals surface area contributed by atoms with E-state index in [1.54, 1.807) is 4.57 Å². The fraction of sp³-hybridized carbons (Fsp3) is 0.636. The Bertz CT molecular complexity index is 622. The number of aryl methyl sites for hydroxylation is 1. The molecule has 19 heavy (non-hydrogen) atoms. The van der Waals surface area contributed by atoms with Crippen LogP contribution in [0.1, 0.15) is 25.1 Å². The molecule has 1 aromatic rings. The first-order valence-electron chi connectivity index (χ1n) is 6.31. The third-order valence-electron chi connectivity index (χ3n) is 3.75. The number of fused-ring (bicyclic) bond motifs is 1. The molecule has 0 bridgehead atoms. The van der Waals surface area contributed by atoms with Crippen LogP contribution >= 0.6 is 0 Å². The fourth-order valence-electron chi connectivity index (χ4n) is 2.83. The van der Waals surface area contributed by atoms with Gasteiger partial charge in [-0.05, 0) is 19.3 Å². The van der Waals surface area contributed by atoms with Crippen LogP contribution in [0.2, 0.25) is 0 Å². The number of aromatic nitrogens is 2. The summed E-state index contributed by atoms with van der Waals surface area (Å²) in [7, 11) is -3.76. The van der Waals surface area contributed by atoms with Crippen LogP contribution in [0.25, 0.3) is 0 Å². The SMILES string of the molecule is O=C(O)[C@H]1CCCN1S(=O)(=O)c1cnc2n1CCC2. The van der Waals surface area contributed by atoms with Gasteiger partial charge in [0.2, 0.25) is 0 Å². The molecule has 0 saturated carbocycles. The van der Waals surface area contributed by atoms with E-state index < -0.39 is 22.0 Å². The minimum Gasteiger partial charge on any atom is -0.480 e. The van der Waals surface area contributed by atoms with Crippen LogP contribution in [0.15, 0.2) is 11.2 Å². The smallest absolute Gasteiger partial charge is 0.322 e. The second-order valence-electron chi connectivity index (χ2n) is 4.88. The summed E-state index contributed by atoms with van der Waals surface area (Å²) in [5.41, 5.74) is 0. The number of carbonyl (C=O) groups is 1. The van der Waals surface area contributed by atoms with Gasteiger partial charge in [-0.3, -0.25) is 4.79 Å². The number of carboxylic acids is 1. The zero-order valence-electron chi connectivity index (χ0n) is 10.3. The molecule has 0 spiro atoms. The summed E-state index contributed by atoms with van der Waals surface area (Å²) in [6, 6.07) is -0.947.